The summed E-state index contributed by atoms with van der Waals surface area (Å²) in [5, 5.41) is 0.633. The zero-order valence-corrected chi connectivity index (χ0v) is 11.3. The van der Waals surface area contributed by atoms with E-state index in [2.05, 4.69) is 13.0 Å². The molecule has 2 aromatic rings. The Morgan fingerprint density at radius 1 is 1.26 bits per heavy atom. The lowest BCUT2D eigenvalue weighted by Gasteiger charge is -2.06. The molecule has 19 heavy (non-hydrogen) atoms. The molecule has 0 aliphatic carbocycles. The fourth-order valence-electron chi connectivity index (χ4n) is 1.89. The van der Waals surface area contributed by atoms with Crippen LogP contribution in [0, 0.1) is 0 Å². The molecule has 1 aromatic carbocycles. The van der Waals surface area contributed by atoms with Gasteiger partial charge in [0.25, 0.3) is 0 Å². The van der Waals surface area contributed by atoms with Gasteiger partial charge in [0.1, 0.15) is 11.3 Å². The third kappa shape index (κ3) is 3.22. The lowest BCUT2D eigenvalue weighted by molar-refractivity contribution is 0.524. The van der Waals surface area contributed by atoms with Crippen LogP contribution in [0.4, 0.5) is 0 Å². The van der Waals surface area contributed by atoms with Crippen LogP contribution in [0.2, 0.25) is 0 Å². The molecule has 0 aliphatic rings. The largest absolute Gasteiger partial charge is 0.460 e. The molecular weight excluding hydrogens is 236 g/mol. The molecule has 2 heteroatoms. The molecule has 0 saturated carbocycles. The highest BCUT2D eigenvalue weighted by Crippen LogP contribution is 2.19. The van der Waals surface area contributed by atoms with Crippen LogP contribution in [0.5, 0.6) is 0 Å². The number of hydrogen-bond donors (Lipinski definition) is 0. The molecule has 0 fully saturated rings. The van der Waals surface area contributed by atoms with Crippen molar-refractivity contribution in [2.24, 2.45) is 0 Å². The van der Waals surface area contributed by atoms with E-state index in [1.54, 1.807) is 12.1 Å². The Labute approximate surface area is 113 Å². The van der Waals surface area contributed by atoms with E-state index in [4.69, 9.17) is 4.42 Å². The standard InChI is InChI=1S/C17H18O2/c1-3-4-5-6-9-13(2)17-12-15(18)14-10-7-8-11-16(14)19-17/h4-13H,3H2,1-2H3/b5-4-,9-6-. The molecular formula is C17H18O2. The van der Waals surface area contributed by atoms with E-state index in [1.807, 2.05) is 43.4 Å². The van der Waals surface area contributed by atoms with Crippen molar-refractivity contribution in [2.45, 2.75) is 26.2 Å². The van der Waals surface area contributed by atoms with Gasteiger partial charge >= 0.3 is 0 Å². The number of benzene rings is 1. The highest BCUT2D eigenvalue weighted by molar-refractivity contribution is 5.76. The monoisotopic (exact) mass is 254 g/mol. The van der Waals surface area contributed by atoms with Gasteiger partial charge in [0, 0.05) is 12.0 Å². The van der Waals surface area contributed by atoms with E-state index in [1.165, 1.54) is 0 Å². The minimum Gasteiger partial charge on any atom is -0.460 e. The average molecular weight is 254 g/mol. The highest BCUT2D eigenvalue weighted by atomic mass is 16.3. The number of hydrogen-bond acceptors (Lipinski definition) is 2. The van der Waals surface area contributed by atoms with Crippen LogP contribution >= 0.6 is 0 Å². The van der Waals surface area contributed by atoms with Crippen LogP contribution in [-0.2, 0) is 0 Å². The van der Waals surface area contributed by atoms with Gasteiger partial charge < -0.3 is 4.42 Å². The van der Waals surface area contributed by atoms with Gasteiger partial charge in [-0.05, 0) is 18.6 Å². The fraction of sp³-hybridized carbons (Fsp3) is 0.235. The van der Waals surface area contributed by atoms with Crippen LogP contribution < -0.4 is 5.43 Å². The predicted octanol–water partition coefficient (Wildman–Crippen LogP) is 4.42. The van der Waals surface area contributed by atoms with Crippen molar-refractivity contribution < 1.29 is 4.42 Å². The first-order chi connectivity index (χ1) is 9.22. The SMILES string of the molecule is CC/C=C\C=C/C(C)c1cc(=O)c2ccccc2o1. The van der Waals surface area contributed by atoms with E-state index >= 15 is 0 Å². The summed E-state index contributed by atoms with van der Waals surface area (Å²) in [5.41, 5.74) is 0.663. The van der Waals surface area contributed by atoms with Crippen molar-refractivity contribution in [2.75, 3.05) is 0 Å². The maximum absolute atomic E-state index is 12.0. The number of rotatable bonds is 4. The van der Waals surface area contributed by atoms with Crippen LogP contribution in [0.15, 0.2) is 63.8 Å². The zero-order valence-electron chi connectivity index (χ0n) is 11.3. The van der Waals surface area contributed by atoms with Gasteiger partial charge in [-0.15, -0.1) is 0 Å². The average Bonchev–Trinajstić information content (AvgIpc) is 2.43. The molecule has 1 unspecified atom stereocenters. The van der Waals surface area contributed by atoms with Crippen LogP contribution in [-0.4, -0.2) is 0 Å². The lowest BCUT2D eigenvalue weighted by Crippen LogP contribution is -2.03. The van der Waals surface area contributed by atoms with E-state index in [0.717, 1.165) is 6.42 Å². The second-order valence-electron chi connectivity index (χ2n) is 4.52. The van der Waals surface area contributed by atoms with E-state index in [9.17, 15) is 4.79 Å². The summed E-state index contributed by atoms with van der Waals surface area (Å²) < 4.78 is 5.79. The van der Waals surface area contributed by atoms with Crippen molar-refractivity contribution in [3.8, 4) is 0 Å². The van der Waals surface area contributed by atoms with Gasteiger partial charge in [-0.3, -0.25) is 4.79 Å². The number of allylic oxidation sites excluding steroid dienone is 4. The Hall–Kier alpha value is -2.09. The maximum atomic E-state index is 12.0. The second-order valence-corrected chi connectivity index (χ2v) is 4.52. The molecule has 2 rings (SSSR count). The van der Waals surface area contributed by atoms with Crippen molar-refractivity contribution in [3.63, 3.8) is 0 Å². The summed E-state index contributed by atoms with van der Waals surface area (Å²) in [4.78, 5) is 12.0. The summed E-state index contributed by atoms with van der Waals surface area (Å²) in [7, 11) is 0. The minimum atomic E-state index is 0.0150. The number of para-hydroxylation sites is 1. The first-order valence-corrected chi connectivity index (χ1v) is 6.58. The molecule has 0 saturated heterocycles. The quantitative estimate of drug-likeness (QED) is 0.756. The molecule has 98 valence electrons. The van der Waals surface area contributed by atoms with E-state index < -0.39 is 0 Å². The van der Waals surface area contributed by atoms with Gasteiger partial charge in [-0.2, -0.15) is 0 Å². The Morgan fingerprint density at radius 2 is 2.05 bits per heavy atom. The molecule has 0 amide bonds. The van der Waals surface area contributed by atoms with Crippen molar-refractivity contribution in [1.29, 1.82) is 0 Å². The molecule has 2 nitrogen and oxygen atoms in total. The molecule has 1 atom stereocenters. The normalized spacial score (nSPS) is 13.6. The van der Waals surface area contributed by atoms with Gasteiger partial charge in [0.05, 0.1) is 5.39 Å². The molecule has 0 N–H and O–H groups in total. The third-order valence-electron chi connectivity index (χ3n) is 2.99. The molecule has 0 bridgehead atoms. The molecule has 0 spiro atoms. The number of fused-ring (bicyclic) bond motifs is 1. The van der Waals surface area contributed by atoms with Crippen LogP contribution in [0.3, 0.4) is 0 Å². The summed E-state index contributed by atoms with van der Waals surface area (Å²) >= 11 is 0. The Morgan fingerprint density at radius 3 is 2.84 bits per heavy atom. The van der Waals surface area contributed by atoms with Gasteiger partial charge in [0.15, 0.2) is 5.43 Å². The summed E-state index contributed by atoms with van der Waals surface area (Å²) in [5.74, 6) is 0.781. The third-order valence-corrected chi connectivity index (χ3v) is 2.99. The predicted molar refractivity (Wildman–Crippen MR) is 79.5 cm³/mol. The minimum absolute atomic E-state index is 0.0150. The van der Waals surface area contributed by atoms with Crippen LogP contribution in [0.1, 0.15) is 31.9 Å². The van der Waals surface area contributed by atoms with Crippen molar-refractivity contribution in [1.82, 2.24) is 0 Å². The molecule has 1 heterocycles. The molecule has 1 aromatic heterocycles. The van der Waals surface area contributed by atoms with Crippen molar-refractivity contribution >= 4 is 11.0 Å². The highest BCUT2D eigenvalue weighted by Gasteiger charge is 2.08. The smallest absolute Gasteiger partial charge is 0.192 e. The summed E-state index contributed by atoms with van der Waals surface area (Å²) in [6.07, 6.45) is 9.13. The topological polar surface area (TPSA) is 30.2 Å². The molecule has 0 radical (unpaired) electrons. The summed E-state index contributed by atoms with van der Waals surface area (Å²) in [6, 6.07) is 8.92. The van der Waals surface area contributed by atoms with Gasteiger partial charge in [-0.25, -0.2) is 0 Å². The van der Waals surface area contributed by atoms with E-state index in [0.29, 0.717) is 16.7 Å². The van der Waals surface area contributed by atoms with Crippen LogP contribution in [0.25, 0.3) is 11.0 Å². The Kier molecular flexibility index (Phi) is 4.35. The molecule has 0 aliphatic heterocycles. The second kappa shape index (κ2) is 6.19. The first kappa shape index (κ1) is 13.3. The van der Waals surface area contributed by atoms with Crippen molar-refractivity contribution in [3.05, 3.63) is 70.6 Å². The zero-order chi connectivity index (χ0) is 13.7. The van der Waals surface area contributed by atoms with Gasteiger partial charge in [-0.1, -0.05) is 50.3 Å². The Balaban J connectivity index is 2.33. The fourth-order valence-corrected chi connectivity index (χ4v) is 1.89. The lowest BCUT2D eigenvalue weighted by atomic mass is 10.1. The Bertz CT molecular complexity index is 662. The first-order valence-electron chi connectivity index (χ1n) is 6.58. The summed E-state index contributed by atoms with van der Waals surface area (Å²) in [6.45, 7) is 4.11. The maximum Gasteiger partial charge on any atom is 0.192 e. The van der Waals surface area contributed by atoms with E-state index in [-0.39, 0.29) is 11.3 Å². The van der Waals surface area contributed by atoms with Gasteiger partial charge in [0.2, 0.25) is 0 Å².